The predicted octanol–water partition coefficient (Wildman–Crippen LogP) is 0.577. The predicted molar refractivity (Wildman–Crippen MR) is 65.8 cm³/mol. The van der Waals surface area contributed by atoms with Gasteiger partial charge in [-0.15, -0.1) is 0 Å². The topological polar surface area (TPSA) is 57.7 Å². The van der Waals surface area contributed by atoms with Gasteiger partial charge < -0.3 is 9.80 Å². The van der Waals surface area contributed by atoms with Crippen molar-refractivity contribution in [2.75, 3.05) is 13.1 Å². The number of rotatable bonds is 3. The summed E-state index contributed by atoms with van der Waals surface area (Å²) in [5.74, 6) is -0.0564. The first-order valence-corrected chi connectivity index (χ1v) is 6.69. The normalized spacial score (nSPS) is 26.0. The highest BCUT2D eigenvalue weighted by atomic mass is 16.2. The van der Waals surface area contributed by atoms with Gasteiger partial charge in [0.1, 0.15) is 12.6 Å². The molecule has 2 aliphatic heterocycles. The molecule has 2 saturated heterocycles. The molecule has 0 saturated carbocycles. The van der Waals surface area contributed by atoms with Gasteiger partial charge in [-0.25, -0.2) is 0 Å². The lowest BCUT2D eigenvalue weighted by atomic mass is 9.96. The van der Waals surface area contributed by atoms with Crippen LogP contribution in [0.3, 0.4) is 0 Å². The summed E-state index contributed by atoms with van der Waals surface area (Å²) in [5.41, 5.74) is 0. The molecule has 0 aliphatic carbocycles. The first kappa shape index (κ1) is 13.1. The van der Waals surface area contributed by atoms with Crippen molar-refractivity contribution in [1.82, 2.24) is 9.80 Å². The van der Waals surface area contributed by atoms with Crippen molar-refractivity contribution in [1.29, 1.82) is 0 Å². The maximum absolute atomic E-state index is 12.3. The Morgan fingerprint density at radius 3 is 2.78 bits per heavy atom. The standard InChI is InChI=1S/C13H20N2O3/c1-3-11(16)9(2)15-8-12(17)14-7-5-4-6-10(14)13(15)18/h9-10H,3-8H2,1-2H3. The Morgan fingerprint density at radius 2 is 2.11 bits per heavy atom. The van der Waals surface area contributed by atoms with Gasteiger partial charge >= 0.3 is 0 Å². The minimum absolute atomic E-state index is 0.0143. The van der Waals surface area contributed by atoms with Gasteiger partial charge in [-0.1, -0.05) is 6.92 Å². The fourth-order valence-electron chi connectivity index (χ4n) is 2.79. The zero-order valence-corrected chi connectivity index (χ0v) is 11.0. The minimum atomic E-state index is -0.476. The summed E-state index contributed by atoms with van der Waals surface area (Å²) in [4.78, 5) is 39.2. The maximum atomic E-state index is 12.3. The molecular formula is C13H20N2O3. The molecule has 5 nitrogen and oxygen atoms in total. The first-order valence-electron chi connectivity index (χ1n) is 6.69. The van der Waals surface area contributed by atoms with Crippen LogP contribution in [-0.4, -0.2) is 52.6 Å². The van der Waals surface area contributed by atoms with Crippen molar-refractivity contribution in [2.45, 2.75) is 51.6 Å². The van der Waals surface area contributed by atoms with Crippen molar-refractivity contribution in [3.05, 3.63) is 0 Å². The number of hydrogen-bond acceptors (Lipinski definition) is 3. The van der Waals surface area contributed by atoms with E-state index in [4.69, 9.17) is 0 Å². The number of piperazine rings is 1. The van der Waals surface area contributed by atoms with Gasteiger partial charge in [-0.05, 0) is 26.2 Å². The average Bonchev–Trinajstić information content (AvgIpc) is 2.41. The van der Waals surface area contributed by atoms with Gasteiger partial charge in [0.25, 0.3) is 0 Å². The van der Waals surface area contributed by atoms with Crippen LogP contribution in [-0.2, 0) is 14.4 Å². The van der Waals surface area contributed by atoms with Crippen LogP contribution in [0.15, 0.2) is 0 Å². The lowest BCUT2D eigenvalue weighted by molar-refractivity contribution is -0.161. The SMILES string of the molecule is CCC(=O)C(C)N1CC(=O)N2CCCCC2C1=O. The van der Waals surface area contributed by atoms with Gasteiger partial charge in [0, 0.05) is 13.0 Å². The molecule has 0 aromatic heterocycles. The Morgan fingerprint density at radius 1 is 1.39 bits per heavy atom. The third-order valence-corrected chi connectivity index (χ3v) is 3.98. The molecule has 2 rings (SSSR count). The number of nitrogens with zero attached hydrogens (tertiary/aromatic N) is 2. The summed E-state index contributed by atoms with van der Waals surface area (Å²) < 4.78 is 0. The van der Waals surface area contributed by atoms with E-state index in [0.29, 0.717) is 13.0 Å². The Bertz CT molecular complexity index is 380. The summed E-state index contributed by atoms with van der Waals surface area (Å²) in [5, 5.41) is 0. The summed E-state index contributed by atoms with van der Waals surface area (Å²) >= 11 is 0. The number of ketones is 1. The van der Waals surface area contributed by atoms with Crippen LogP contribution in [0.1, 0.15) is 39.5 Å². The monoisotopic (exact) mass is 252 g/mol. The minimum Gasteiger partial charge on any atom is -0.329 e. The molecule has 0 radical (unpaired) electrons. The van der Waals surface area contributed by atoms with Gasteiger partial charge in [0.05, 0.1) is 6.04 Å². The Kier molecular flexibility index (Phi) is 3.68. The number of hydrogen-bond donors (Lipinski definition) is 0. The molecular weight excluding hydrogens is 232 g/mol. The Balaban J connectivity index is 2.16. The second-order valence-electron chi connectivity index (χ2n) is 5.06. The summed E-state index contributed by atoms with van der Waals surface area (Å²) in [6.45, 7) is 4.24. The van der Waals surface area contributed by atoms with Crippen molar-refractivity contribution < 1.29 is 14.4 Å². The number of piperidine rings is 1. The van der Waals surface area contributed by atoms with Crippen molar-refractivity contribution in [3.63, 3.8) is 0 Å². The lowest BCUT2D eigenvalue weighted by Gasteiger charge is -2.44. The van der Waals surface area contributed by atoms with Crippen molar-refractivity contribution >= 4 is 17.6 Å². The summed E-state index contributed by atoms with van der Waals surface area (Å²) in [6.07, 6.45) is 3.07. The van der Waals surface area contributed by atoms with E-state index in [9.17, 15) is 14.4 Å². The molecule has 2 atom stereocenters. The second-order valence-corrected chi connectivity index (χ2v) is 5.06. The van der Waals surface area contributed by atoms with Crippen LogP contribution in [0.25, 0.3) is 0 Å². The van der Waals surface area contributed by atoms with E-state index in [1.807, 2.05) is 0 Å². The fraction of sp³-hybridized carbons (Fsp3) is 0.769. The summed E-state index contributed by atoms with van der Waals surface area (Å²) in [7, 11) is 0. The van der Waals surface area contributed by atoms with Crippen LogP contribution in [0.4, 0.5) is 0 Å². The summed E-state index contributed by atoms with van der Waals surface area (Å²) in [6, 6.07) is -0.803. The van der Waals surface area contributed by atoms with E-state index in [0.717, 1.165) is 19.3 Å². The van der Waals surface area contributed by atoms with Crippen molar-refractivity contribution in [2.24, 2.45) is 0 Å². The smallest absolute Gasteiger partial charge is 0.246 e. The number of fused-ring (bicyclic) bond motifs is 1. The van der Waals surface area contributed by atoms with E-state index in [-0.39, 0.29) is 30.2 Å². The molecule has 2 aliphatic rings. The van der Waals surface area contributed by atoms with Gasteiger partial charge in [-0.2, -0.15) is 0 Å². The second kappa shape index (κ2) is 5.08. The zero-order chi connectivity index (χ0) is 13.3. The molecule has 2 heterocycles. The van der Waals surface area contributed by atoms with E-state index < -0.39 is 6.04 Å². The van der Waals surface area contributed by atoms with E-state index >= 15 is 0 Å². The lowest BCUT2D eigenvalue weighted by Crippen LogP contribution is -2.63. The van der Waals surface area contributed by atoms with Gasteiger partial charge in [0.2, 0.25) is 11.8 Å². The number of Topliss-reactive ketones (excluding diaryl/α,β-unsaturated/α-hetero) is 1. The highest BCUT2D eigenvalue weighted by molar-refractivity contribution is 5.98. The molecule has 0 aromatic rings. The largest absolute Gasteiger partial charge is 0.329 e. The molecule has 2 amide bonds. The highest BCUT2D eigenvalue weighted by Gasteiger charge is 2.42. The van der Waals surface area contributed by atoms with E-state index in [1.54, 1.807) is 18.7 Å². The number of carbonyl (C=O) groups excluding carboxylic acids is 3. The average molecular weight is 252 g/mol. The fourth-order valence-corrected chi connectivity index (χ4v) is 2.79. The molecule has 0 N–H and O–H groups in total. The third kappa shape index (κ3) is 2.13. The van der Waals surface area contributed by atoms with Gasteiger partial charge in [-0.3, -0.25) is 14.4 Å². The molecule has 0 spiro atoms. The number of carbonyl (C=O) groups is 3. The molecule has 5 heteroatoms. The molecule has 100 valence electrons. The van der Waals surface area contributed by atoms with Crippen LogP contribution in [0, 0.1) is 0 Å². The molecule has 0 bridgehead atoms. The Hall–Kier alpha value is -1.39. The highest BCUT2D eigenvalue weighted by Crippen LogP contribution is 2.24. The van der Waals surface area contributed by atoms with Crippen LogP contribution in [0.5, 0.6) is 0 Å². The number of amides is 2. The van der Waals surface area contributed by atoms with Crippen LogP contribution in [0.2, 0.25) is 0 Å². The molecule has 2 fully saturated rings. The molecule has 18 heavy (non-hydrogen) atoms. The van der Waals surface area contributed by atoms with E-state index in [2.05, 4.69) is 0 Å². The van der Waals surface area contributed by atoms with Crippen LogP contribution >= 0.6 is 0 Å². The van der Waals surface area contributed by atoms with Gasteiger partial charge in [0.15, 0.2) is 5.78 Å². The zero-order valence-electron chi connectivity index (χ0n) is 11.0. The Labute approximate surface area is 107 Å². The van der Waals surface area contributed by atoms with Crippen LogP contribution < -0.4 is 0 Å². The van der Waals surface area contributed by atoms with E-state index in [1.165, 1.54) is 4.90 Å². The van der Waals surface area contributed by atoms with Crippen molar-refractivity contribution in [3.8, 4) is 0 Å². The maximum Gasteiger partial charge on any atom is 0.246 e. The third-order valence-electron chi connectivity index (χ3n) is 3.98. The quantitative estimate of drug-likeness (QED) is 0.738. The molecule has 2 unspecified atom stereocenters. The molecule has 0 aromatic carbocycles. The first-order chi connectivity index (χ1) is 8.56.